The fourth-order valence-corrected chi connectivity index (χ4v) is 2.77. The zero-order valence-electron chi connectivity index (χ0n) is 13.2. The Morgan fingerprint density at radius 2 is 1.81 bits per heavy atom. The van der Waals surface area contributed by atoms with E-state index >= 15 is 0 Å². The summed E-state index contributed by atoms with van der Waals surface area (Å²) in [5.41, 5.74) is 2.76. The first-order valence-corrected chi connectivity index (χ1v) is 8.11. The number of rotatable bonds is 8. The highest BCUT2D eigenvalue weighted by Gasteiger charge is 2.08. The maximum Gasteiger partial charge on any atom is 0.109 e. The smallest absolute Gasteiger partial charge is 0.109 e. The van der Waals surface area contributed by atoms with Gasteiger partial charge >= 0.3 is 0 Å². The Hall–Kier alpha value is -1.82. The van der Waals surface area contributed by atoms with Crippen molar-refractivity contribution in [3.05, 3.63) is 29.6 Å². The average Bonchev–Trinajstić information content (AvgIpc) is 2.82. The molecule has 0 fully saturated rings. The summed E-state index contributed by atoms with van der Waals surface area (Å²) < 4.78 is 2.13. The highest BCUT2D eigenvalue weighted by atomic mass is 15.1. The van der Waals surface area contributed by atoms with Gasteiger partial charge in [-0.3, -0.25) is 0 Å². The van der Waals surface area contributed by atoms with Gasteiger partial charge < -0.3 is 4.57 Å². The van der Waals surface area contributed by atoms with Gasteiger partial charge in [0.05, 0.1) is 22.7 Å². The molecule has 0 aliphatic carbocycles. The molecule has 1 aromatic carbocycles. The van der Waals surface area contributed by atoms with E-state index in [1.807, 2.05) is 25.2 Å². The van der Waals surface area contributed by atoms with Crippen LogP contribution in [-0.2, 0) is 13.5 Å². The SMILES string of the molecule is CCCCCCCCCc1nc2ccc(C#N)cc2n1C. The third kappa shape index (κ3) is 4.07. The van der Waals surface area contributed by atoms with Crippen LogP contribution >= 0.6 is 0 Å². The van der Waals surface area contributed by atoms with Crippen molar-refractivity contribution >= 4 is 11.0 Å². The van der Waals surface area contributed by atoms with Crippen LogP contribution in [0.4, 0.5) is 0 Å². The number of hydrogen-bond donors (Lipinski definition) is 0. The predicted molar refractivity (Wildman–Crippen MR) is 87.1 cm³/mol. The van der Waals surface area contributed by atoms with E-state index in [0.717, 1.165) is 23.3 Å². The van der Waals surface area contributed by atoms with Crippen molar-refractivity contribution in [2.75, 3.05) is 0 Å². The van der Waals surface area contributed by atoms with Crippen LogP contribution in [-0.4, -0.2) is 9.55 Å². The van der Waals surface area contributed by atoms with Gasteiger partial charge in [0.1, 0.15) is 5.82 Å². The lowest BCUT2D eigenvalue weighted by molar-refractivity contribution is 0.581. The average molecular weight is 283 g/mol. The molecule has 0 saturated heterocycles. The summed E-state index contributed by atoms with van der Waals surface area (Å²) in [6.45, 7) is 2.25. The molecule has 0 N–H and O–H groups in total. The Balaban J connectivity index is 1.88. The van der Waals surface area contributed by atoms with E-state index in [2.05, 4.69) is 22.5 Å². The first-order valence-electron chi connectivity index (χ1n) is 8.11. The molecular formula is C18H25N3. The quantitative estimate of drug-likeness (QED) is 0.657. The Morgan fingerprint density at radius 1 is 1.10 bits per heavy atom. The molecule has 2 aromatic rings. The molecular weight excluding hydrogens is 258 g/mol. The van der Waals surface area contributed by atoms with Gasteiger partial charge in [0.15, 0.2) is 0 Å². The van der Waals surface area contributed by atoms with Crippen LogP contribution in [0.5, 0.6) is 0 Å². The summed E-state index contributed by atoms with van der Waals surface area (Å²) in [6.07, 6.45) is 10.3. The van der Waals surface area contributed by atoms with Gasteiger partial charge in [-0.2, -0.15) is 5.26 Å². The van der Waals surface area contributed by atoms with Crippen molar-refractivity contribution in [2.24, 2.45) is 7.05 Å². The summed E-state index contributed by atoms with van der Waals surface area (Å²) in [4.78, 5) is 4.69. The Labute approximate surface area is 127 Å². The molecule has 0 atom stereocenters. The van der Waals surface area contributed by atoms with Gasteiger partial charge in [-0.25, -0.2) is 4.98 Å². The van der Waals surface area contributed by atoms with Gasteiger partial charge in [0.25, 0.3) is 0 Å². The largest absolute Gasteiger partial charge is 0.331 e. The maximum absolute atomic E-state index is 8.98. The van der Waals surface area contributed by atoms with Crippen LogP contribution < -0.4 is 0 Å². The molecule has 0 bridgehead atoms. The van der Waals surface area contributed by atoms with E-state index < -0.39 is 0 Å². The second-order valence-corrected chi connectivity index (χ2v) is 5.77. The summed E-state index contributed by atoms with van der Waals surface area (Å²) in [7, 11) is 2.05. The van der Waals surface area contributed by atoms with E-state index in [1.54, 1.807) is 0 Å². The minimum atomic E-state index is 0.702. The lowest BCUT2D eigenvalue weighted by atomic mass is 10.1. The molecule has 0 spiro atoms. The zero-order chi connectivity index (χ0) is 15.1. The monoisotopic (exact) mass is 283 g/mol. The zero-order valence-corrected chi connectivity index (χ0v) is 13.2. The van der Waals surface area contributed by atoms with Crippen molar-refractivity contribution < 1.29 is 0 Å². The molecule has 0 radical (unpaired) electrons. The molecule has 1 aromatic heterocycles. The second-order valence-electron chi connectivity index (χ2n) is 5.77. The van der Waals surface area contributed by atoms with E-state index in [4.69, 9.17) is 5.26 Å². The van der Waals surface area contributed by atoms with E-state index in [9.17, 15) is 0 Å². The second kappa shape index (κ2) is 7.83. The molecule has 0 aliphatic rings. The minimum absolute atomic E-state index is 0.702. The normalized spacial score (nSPS) is 10.9. The third-order valence-electron chi connectivity index (χ3n) is 4.11. The van der Waals surface area contributed by atoms with Crippen molar-refractivity contribution in [3.8, 4) is 6.07 Å². The Kier molecular flexibility index (Phi) is 5.80. The molecule has 2 rings (SSSR count). The Bertz CT molecular complexity index is 619. The van der Waals surface area contributed by atoms with E-state index in [-0.39, 0.29) is 0 Å². The number of unbranched alkanes of at least 4 members (excludes halogenated alkanes) is 6. The minimum Gasteiger partial charge on any atom is -0.331 e. The summed E-state index contributed by atoms with van der Waals surface area (Å²) >= 11 is 0. The predicted octanol–water partition coefficient (Wildman–Crippen LogP) is 4.74. The van der Waals surface area contributed by atoms with E-state index in [0.29, 0.717) is 5.56 Å². The molecule has 112 valence electrons. The maximum atomic E-state index is 8.98. The molecule has 0 saturated carbocycles. The molecule has 3 heteroatoms. The topological polar surface area (TPSA) is 41.6 Å². The number of nitrogens with zero attached hydrogens (tertiary/aromatic N) is 3. The van der Waals surface area contributed by atoms with Crippen molar-refractivity contribution in [2.45, 2.75) is 58.3 Å². The Morgan fingerprint density at radius 3 is 2.52 bits per heavy atom. The van der Waals surface area contributed by atoms with Crippen molar-refractivity contribution in [1.29, 1.82) is 5.26 Å². The molecule has 21 heavy (non-hydrogen) atoms. The van der Waals surface area contributed by atoms with Gasteiger partial charge in [0, 0.05) is 13.5 Å². The number of benzene rings is 1. The number of imidazole rings is 1. The number of hydrogen-bond acceptors (Lipinski definition) is 2. The number of aromatic nitrogens is 2. The number of aryl methyl sites for hydroxylation is 2. The first-order chi connectivity index (χ1) is 10.3. The lowest BCUT2D eigenvalue weighted by Crippen LogP contribution is -1.98. The third-order valence-corrected chi connectivity index (χ3v) is 4.11. The van der Waals surface area contributed by atoms with Crippen LogP contribution in [0.2, 0.25) is 0 Å². The molecule has 0 aliphatic heterocycles. The summed E-state index contributed by atoms with van der Waals surface area (Å²) in [5.74, 6) is 1.13. The van der Waals surface area contributed by atoms with Crippen LogP contribution in [0.25, 0.3) is 11.0 Å². The highest BCUT2D eigenvalue weighted by Crippen LogP contribution is 2.18. The van der Waals surface area contributed by atoms with Crippen LogP contribution in [0.3, 0.4) is 0 Å². The summed E-state index contributed by atoms with van der Waals surface area (Å²) in [6, 6.07) is 7.90. The van der Waals surface area contributed by atoms with Crippen LogP contribution in [0.15, 0.2) is 18.2 Å². The van der Waals surface area contributed by atoms with Gasteiger partial charge in [-0.05, 0) is 24.6 Å². The van der Waals surface area contributed by atoms with Gasteiger partial charge in [-0.1, -0.05) is 45.4 Å². The fraction of sp³-hybridized carbons (Fsp3) is 0.556. The van der Waals surface area contributed by atoms with Crippen molar-refractivity contribution in [3.63, 3.8) is 0 Å². The molecule has 3 nitrogen and oxygen atoms in total. The lowest BCUT2D eigenvalue weighted by Gasteiger charge is -2.03. The number of fused-ring (bicyclic) bond motifs is 1. The van der Waals surface area contributed by atoms with Crippen LogP contribution in [0, 0.1) is 11.3 Å². The molecule has 0 unspecified atom stereocenters. The standard InChI is InChI=1S/C18H25N3/c1-3-4-5-6-7-8-9-10-18-20-16-12-11-15(14-19)13-17(16)21(18)2/h11-13H,3-10H2,1-2H3. The highest BCUT2D eigenvalue weighted by molar-refractivity contribution is 5.77. The van der Waals surface area contributed by atoms with Crippen LogP contribution in [0.1, 0.15) is 63.3 Å². The van der Waals surface area contributed by atoms with Gasteiger partial charge in [-0.15, -0.1) is 0 Å². The van der Waals surface area contributed by atoms with E-state index in [1.165, 1.54) is 44.9 Å². The van der Waals surface area contributed by atoms with Gasteiger partial charge in [0.2, 0.25) is 0 Å². The number of nitriles is 1. The molecule has 1 heterocycles. The molecule has 0 amide bonds. The first kappa shape index (κ1) is 15.6. The summed E-state index contributed by atoms with van der Waals surface area (Å²) in [5, 5.41) is 8.98. The fourth-order valence-electron chi connectivity index (χ4n) is 2.77. The van der Waals surface area contributed by atoms with Crippen molar-refractivity contribution in [1.82, 2.24) is 9.55 Å².